The molecule has 1 aromatic rings. The lowest BCUT2D eigenvalue weighted by molar-refractivity contribution is -0.283. The van der Waals surface area contributed by atoms with Crippen LogP contribution in [0.25, 0.3) is 0 Å². The van der Waals surface area contributed by atoms with Crippen molar-refractivity contribution < 1.29 is 26.7 Å². The molecule has 0 saturated heterocycles. The highest BCUT2D eigenvalue weighted by Crippen LogP contribution is 2.49. The zero-order valence-corrected chi connectivity index (χ0v) is 10.2. The smallest absolute Gasteiger partial charge is 0.455 e. The Kier molecular flexibility index (Phi) is 4.10. The minimum Gasteiger partial charge on any atom is -0.496 e. The predicted molar refractivity (Wildman–Crippen MR) is 57.3 cm³/mol. The summed E-state index contributed by atoms with van der Waals surface area (Å²) < 4.78 is 67.7. The summed E-state index contributed by atoms with van der Waals surface area (Å²) in [6.45, 7) is 1.55. The van der Waals surface area contributed by atoms with E-state index in [1.165, 1.54) is 19.2 Å². The molecule has 0 bridgehead atoms. The Morgan fingerprint density at radius 1 is 1.17 bits per heavy atom. The first-order valence-corrected chi connectivity index (χ1v) is 5.28. The lowest BCUT2D eigenvalue weighted by Crippen LogP contribution is -2.40. The molecule has 1 aromatic carbocycles. The zero-order chi connectivity index (χ0) is 14.1. The highest BCUT2D eigenvalue weighted by Gasteiger charge is 2.62. The van der Waals surface area contributed by atoms with E-state index in [-0.39, 0.29) is 11.3 Å². The Morgan fingerprint density at radius 2 is 1.72 bits per heavy atom. The number of ether oxygens (including phenoxy) is 1. The van der Waals surface area contributed by atoms with Gasteiger partial charge in [-0.3, -0.25) is 0 Å². The van der Waals surface area contributed by atoms with Crippen LogP contribution in [0, 0.1) is 6.92 Å². The van der Waals surface area contributed by atoms with Crippen LogP contribution in [0.4, 0.5) is 22.0 Å². The molecule has 0 aliphatic carbocycles. The molecule has 0 amide bonds. The average molecular weight is 289 g/mol. The number of aryl methyl sites for hydroxylation is 1. The molecule has 0 radical (unpaired) electrons. The van der Waals surface area contributed by atoms with Gasteiger partial charge in [-0.05, 0) is 13.0 Å². The summed E-state index contributed by atoms with van der Waals surface area (Å²) in [4.78, 5) is 0. The fourth-order valence-electron chi connectivity index (χ4n) is 1.39. The van der Waals surface area contributed by atoms with Crippen LogP contribution in [0.2, 0.25) is 0 Å². The van der Waals surface area contributed by atoms with E-state index >= 15 is 0 Å². The van der Waals surface area contributed by atoms with Gasteiger partial charge < -0.3 is 4.74 Å². The summed E-state index contributed by atoms with van der Waals surface area (Å²) in [5, 5.41) is -2.53. The maximum absolute atomic E-state index is 13.1. The van der Waals surface area contributed by atoms with Gasteiger partial charge in [0, 0.05) is 5.56 Å². The summed E-state index contributed by atoms with van der Waals surface area (Å²) >= 11 is 5.29. The molecule has 7 heteroatoms. The molecule has 0 aromatic heterocycles. The van der Waals surface area contributed by atoms with Crippen LogP contribution in [0.1, 0.15) is 16.5 Å². The van der Waals surface area contributed by atoms with E-state index in [1.54, 1.807) is 6.92 Å². The standard InChI is InChI=1S/C11H10ClF5O/c1-6-3-4-8(18-2)7(5-6)9(12)10(13,14)11(15,16)17/h3-5,9H,1-2H3. The van der Waals surface area contributed by atoms with Crippen LogP contribution >= 0.6 is 11.6 Å². The van der Waals surface area contributed by atoms with E-state index < -0.39 is 17.5 Å². The van der Waals surface area contributed by atoms with Crippen LogP contribution < -0.4 is 4.74 Å². The third-order valence-electron chi connectivity index (χ3n) is 2.35. The minimum atomic E-state index is -5.71. The molecule has 0 aliphatic heterocycles. The number of halogens is 6. The van der Waals surface area contributed by atoms with Gasteiger partial charge in [0.25, 0.3) is 0 Å². The average Bonchev–Trinajstić information content (AvgIpc) is 2.26. The maximum atomic E-state index is 13.1. The van der Waals surface area contributed by atoms with Crippen molar-refractivity contribution in [3.05, 3.63) is 29.3 Å². The number of alkyl halides is 6. The van der Waals surface area contributed by atoms with E-state index in [1.807, 2.05) is 0 Å². The zero-order valence-electron chi connectivity index (χ0n) is 9.49. The van der Waals surface area contributed by atoms with Crippen LogP contribution in [0.5, 0.6) is 5.75 Å². The minimum absolute atomic E-state index is 0.107. The maximum Gasteiger partial charge on any atom is 0.455 e. The molecular weight excluding hydrogens is 279 g/mol. The Bertz CT molecular complexity index is 430. The highest BCUT2D eigenvalue weighted by molar-refractivity contribution is 6.21. The van der Waals surface area contributed by atoms with Gasteiger partial charge in [-0.1, -0.05) is 17.7 Å². The van der Waals surface area contributed by atoms with Crippen molar-refractivity contribution in [2.24, 2.45) is 0 Å². The molecule has 1 nitrogen and oxygen atoms in total. The summed E-state index contributed by atoms with van der Waals surface area (Å²) in [5.41, 5.74) is 0.121. The molecule has 18 heavy (non-hydrogen) atoms. The topological polar surface area (TPSA) is 9.23 Å². The van der Waals surface area contributed by atoms with Crippen molar-refractivity contribution in [1.29, 1.82) is 0 Å². The van der Waals surface area contributed by atoms with Crippen molar-refractivity contribution in [2.45, 2.75) is 24.4 Å². The molecule has 1 atom stereocenters. The summed E-state index contributed by atoms with van der Waals surface area (Å²) in [5.74, 6) is -5.14. The molecule has 0 spiro atoms. The van der Waals surface area contributed by atoms with Crippen molar-refractivity contribution in [3.8, 4) is 5.75 Å². The Hall–Kier alpha value is -1.04. The number of rotatable bonds is 3. The second-order valence-corrected chi connectivity index (χ2v) is 4.17. The van der Waals surface area contributed by atoms with Gasteiger partial charge >= 0.3 is 12.1 Å². The Balaban J connectivity index is 3.26. The molecule has 1 rings (SSSR count). The second kappa shape index (κ2) is 4.91. The molecule has 0 N–H and O–H groups in total. The van der Waals surface area contributed by atoms with Gasteiger partial charge in [-0.25, -0.2) is 0 Å². The molecule has 0 heterocycles. The van der Waals surface area contributed by atoms with E-state index in [0.717, 1.165) is 6.07 Å². The largest absolute Gasteiger partial charge is 0.496 e. The van der Waals surface area contributed by atoms with Crippen LogP contribution in [-0.4, -0.2) is 19.2 Å². The van der Waals surface area contributed by atoms with E-state index in [0.29, 0.717) is 5.56 Å². The Morgan fingerprint density at radius 3 is 2.17 bits per heavy atom. The highest BCUT2D eigenvalue weighted by atomic mass is 35.5. The van der Waals surface area contributed by atoms with Crippen molar-refractivity contribution in [2.75, 3.05) is 7.11 Å². The monoisotopic (exact) mass is 288 g/mol. The molecular formula is C11H10ClF5O. The summed E-state index contributed by atoms with van der Waals surface area (Å²) in [7, 11) is 1.17. The first kappa shape index (κ1) is 15.0. The third kappa shape index (κ3) is 2.68. The van der Waals surface area contributed by atoms with Gasteiger partial charge in [0.05, 0.1) is 7.11 Å². The SMILES string of the molecule is COc1ccc(C)cc1C(Cl)C(F)(F)C(F)(F)F. The molecule has 0 saturated carbocycles. The fraction of sp³-hybridized carbons (Fsp3) is 0.455. The molecule has 0 fully saturated rings. The van der Waals surface area contributed by atoms with Gasteiger partial charge in [-0.2, -0.15) is 22.0 Å². The van der Waals surface area contributed by atoms with Crippen LogP contribution in [0.3, 0.4) is 0 Å². The number of benzene rings is 1. The molecule has 1 unspecified atom stereocenters. The lowest BCUT2D eigenvalue weighted by atomic mass is 10.0. The Labute approximate surface area is 106 Å². The lowest BCUT2D eigenvalue weighted by Gasteiger charge is -2.25. The van der Waals surface area contributed by atoms with Crippen molar-refractivity contribution in [3.63, 3.8) is 0 Å². The van der Waals surface area contributed by atoms with E-state index in [4.69, 9.17) is 16.3 Å². The number of methoxy groups -OCH3 is 1. The fourth-order valence-corrected chi connectivity index (χ4v) is 1.69. The van der Waals surface area contributed by atoms with Crippen LogP contribution in [-0.2, 0) is 0 Å². The normalized spacial score (nSPS) is 14.4. The van der Waals surface area contributed by atoms with Gasteiger partial charge in [0.1, 0.15) is 11.1 Å². The van der Waals surface area contributed by atoms with E-state index in [9.17, 15) is 22.0 Å². The van der Waals surface area contributed by atoms with Crippen LogP contribution in [0.15, 0.2) is 18.2 Å². The first-order valence-electron chi connectivity index (χ1n) is 4.84. The van der Waals surface area contributed by atoms with Gasteiger partial charge in [0.2, 0.25) is 0 Å². The first-order chi connectivity index (χ1) is 8.11. The third-order valence-corrected chi connectivity index (χ3v) is 2.86. The van der Waals surface area contributed by atoms with Crippen molar-refractivity contribution in [1.82, 2.24) is 0 Å². The molecule has 102 valence electrons. The summed E-state index contributed by atoms with van der Waals surface area (Å²) in [6.07, 6.45) is -5.71. The molecule has 0 aliphatic rings. The van der Waals surface area contributed by atoms with Crippen molar-refractivity contribution >= 4 is 11.6 Å². The van der Waals surface area contributed by atoms with Gasteiger partial charge in [0.15, 0.2) is 0 Å². The van der Waals surface area contributed by atoms with Gasteiger partial charge in [-0.15, -0.1) is 11.6 Å². The number of hydrogen-bond acceptors (Lipinski definition) is 1. The van der Waals surface area contributed by atoms with E-state index in [2.05, 4.69) is 0 Å². The predicted octanol–water partition coefficient (Wildman–Crippen LogP) is 4.48. The second-order valence-electron chi connectivity index (χ2n) is 3.73. The summed E-state index contributed by atoms with van der Waals surface area (Å²) in [6, 6.07) is 3.97. The number of hydrogen-bond donors (Lipinski definition) is 0. The quantitative estimate of drug-likeness (QED) is 0.588.